The second kappa shape index (κ2) is 11.3. The van der Waals surface area contributed by atoms with E-state index in [1.807, 2.05) is 24.3 Å². The maximum atomic E-state index is 13.1. The van der Waals surface area contributed by atoms with Crippen LogP contribution in [0.1, 0.15) is 44.2 Å². The van der Waals surface area contributed by atoms with Crippen LogP contribution in [-0.2, 0) is 6.42 Å². The molecule has 38 heavy (non-hydrogen) atoms. The summed E-state index contributed by atoms with van der Waals surface area (Å²) in [4.78, 5) is 34.9. The summed E-state index contributed by atoms with van der Waals surface area (Å²) in [6.45, 7) is 7.26. The van der Waals surface area contributed by atoms with Gasteiger partial charge in [-0.3, -0.25) is 14.6 Å². The average Bonchev–Trinajstić information content (AvgIpc) is 3.39. The van der Waals surface area contributed by atoms with Gasteiger partial charge in [-0.05, 0) is 73.9 Å². The number of rotatable bonds is 8. The Morgan fingerprint density at radius 2 is 1.66 bits per heavy atom. The van der Waals surface area contributed by atoms with Crippen LogP contribution in [0.2, 0.25) is 0 Å². The molecule has 194 valence electrons. The first-order valence-corrected chi connectivity index (χ1v) is 13.0. The van der Waals surface area contributed by atoms with Crippen LogP contribution in [0.15, 0.2) is 83.5 Å². The molecular weight excluding hydrogens is 476 g/mol. The number of furan rings is 1. The molecule has 2 aromatic carbocycles. The molecule has 0 aliphatic carbocycles. The zero-order valence-corrected chi connectivity index (χ0v) is 21.8. The van der Waals surface area contributed by atoms with Gasteiger partial charge in [0.25, 0.3) is 5.91 Å². The highest BCUT2D eigenvalue weighted by molar-refractivity contribution is 6.06. The van der Waals surface area contributed by atoms with Crippen molar-refractivity contribution in [3.8, 4) is 0 Å². The monoisotopic (exact) mass is 508 g/mol. The van der Waals surface area contributed by atoms with Crippen LogP contribution >= 0.6 is 0 Å². The minimum Gasteiger partial charge on any atom is -0.456 e. The van der Waals surface area contributed by atoms with Gasteiger partial charge in [-0.25, -0.2) is 0 Å². The Morgan fingerprint density at radius 3 is 2.34 bits per heavy atom. The second-order valence-corrected chi connectivity index (χ2v) is 9.64. The predicted octanol–water partition coefficient (Wildman–Crippen LogP) is 5.69. The van der Waals surface area contributed by atoms with Crippen LogP contribution in [0.25, 0.3) is 0 Å². The van der Waals surface area contributed by atoms with Crippen molar-refractivity contribution in [1.29, 1.82) is 0 Å². The number of carbonyl (C=O) groups is 2. The van der Waals surface area contributed by atoms with E-state index in [9.17, 15) is 9.59 Å². The van der Waals surface area contributed by atoms with Gasteiger partial charge in [-0.1, -0.05) is 24.3 Å². The van der Waals surface area contributed by atoms with Gasteiger partial charge < -0.3 is 19.5 Å². The molecule has 1 fully saturated rings. The minimum absolute atomic E-state index is 0.0223. The molecule has 2 aromatic heterocycles. The number of hydrogen-bond acceptors (Lipinski definition) is 6. The molecule has 0 atom stereocenters. The second-order valence-electron chi connectivity index (χ2n) is 9.64. The first-order chi connectivity index (χ1) is 18.5. The van der Waals surface area contributed by atoms with Gasteiger partial charge >= 0.3 is 0 Å². The molecule has 1 aliphatic heterocycles. The Morgan fingerprint density at radius 1 is 0.895 bits per heavy atom. The lowest BCUT2D eigenvalue weighted by molar-refractivity contribution is 0.0977. The summed E-state index contributed by atoms with van der Waals surface area (Å²) >= 11 is 0. The molecule has 1 N–H and O–H groups in total. The number of Topliss-reactive ketones (excluding diaryl/α,β-unsaturated/α-hetero) is 1. The zero-order valence-electron chi connectivity index (χ0n) is 21.8. The maximum Gasteiger partial charge on any atom is 0.291 e. The van der Waals surface area contributed by atoms with Crippen LogP contribution in [0.5, 0.6) is 0 Å². The fourth-order valence-corrected chi connectivity index (χ4v) is 4.88. The number of pyridine rings is 1. The number of nitrogens with zero attached hydrogens (tertiary/aromatic N) is 3. The van der Waals surface area contributed by atoms with E-state index in [-0.39, 0.29) is 17.5 Å². The highest BCUT2D eigenvalue weighted by Crippen LogP contribution is 2.31. The number of aromatic nitrogens is 1. The maximum absolute atomic E-state index is 13.1. The highest BCUT2D eigenvalue weighted by Gasteiger charge is 2.23. The lowest BCUT2D eigenvalue weighted by atomic mass is 10.0. The zero-order chi connectivity index (χ0) is 26.5. The SMILES string of the molecule is Cc1ccc(C(=O)Nc2cc(C(=O)CCc3cccnc3)ccc2N2CCN(c3ccccc3C)CC2)o1. The fourth-order valence-electron chi connectivity index (χ4n) is 4.88. The number of piperazine rings is 1. The summed E-state index contributed by atoms with van der Waals surface area (Å²) in [5.74, 6) is 0.597. The van der Waals surface area contributed by atoms with E-state index in [2.05, 4.69) is 51.3 Å². The number of carbonyl (C=O) groups excluding carboxylic acids is 2. The van der Waals surface area contributed by atoms with E-state index >= 15 is 0 Å². The molecule has 4 aromatic rings. The normalized spacial score (nSPS) is 13.4. The average molecular weight is 509 g/mol. The quantitative estimate of drug-likeness (QED) is 0.308. The van der Waals surface area contributed by atoms with Gasteiger partial charge in [0.2, 0.25) is 0 Å². The molecule has 7 nitrogen and oxygen atoms in total. The molecule has 0 bridgehead atoms. The van der Waals surface area contributed by atoms with Crippen molar-refractivity contribution in [2.75, 3.05) is 41.3 Å². The highest BCUT2D eigenvalue weighted by atomic mass is 16.3. The van der Waals surface area contributed by atoms with Crippen molar-refractivity contribution in [2.24, 2.45) is 0 Å². The summed E-state index contributed by atoms with van der Waals surface area (Å²) in [5.41, 5.74) is 5.61. The van der Waals surface area contributed by atoms with Crippen molar-refractivity contribution >= 4 is 28.8 Å². The molecule has 5 rings (SSSR count). The fraction of sp³-hybridized carbons (Fsp3) is 0.258. The molecular formula is C31H32N4O3. The Hall–Kier alpha value is -4.39. The van der Waals surface area contributed by atoms with E-state index < -0.39 is 0 Å². The largest absolute Gasteiger partial charge is 0.456 e. The molecule has 7 heteroatoms. The molecule has 0 unspecified atom stereocenters. The standard InChI is InChI=1S/C31H32N4O3/c1-22-6-3-4-8-27(22)34-16-18-35(19-17-34)28-12-11-25(29(36)13-10-24-7-5-15-32-21-24)20-26(28)33-31(37)30-14-9-23(2)38-30/h3-9,11-12,14-15,20-21H,10,13,16-19H2,1-2H3,(H,33,37). The number of nitrogens with one attached hydrogen (secondary N) is 1. The Labute approximate surface area is 223 Å². The van der Waals surface area contributed by atoms with Gasteiger partial charge in [-0.15, -0.1) is 0 Å². The van der Waals surface area contributed by atoms with E-state index in [1.54, 1.807) is 37.5 Å². The Kier molecular flexibility index (Phi) is 7.54. The number of aryl methyl sites for hydroxylation is 3. The topological polar surface area (TPSA) is 78.7 Å². The van der Waals surface area contributed by atoms with Crippen molar-refractivity contribution in [3.05, 3.63) is 107 Å². The van der Waals surface area contributed by atoms with Crippen molar-refractivity contribution < 1.29 is 14.0 Å². The van der Waals surface area contributed by atoms with Crippen LogP contribution in [0.3, 0.4) is 0 Å². The van der Waals surface area contributed by atoms with Crippen molar-refractivity contribution in [3.63, 3.8) is 0 Å². The van der Waals surface area contributed by atoms with Gasteiger partial charge in [0.05, 0.1) is 11.4 Å². The molecule has 1 saturated heterocycles. The molecule has 1 amide bonds. The molecule has 0 spiro atoms. The van der Waals surface area contributed by atoms with Crippen molar-refractivity contribution in [1.82, 2.24) is 4.98 Å². The summed E-state index contributed by atoms with van der Waals surface area (Å²) in [6.07, 6.45) is 4.48. The van der Waals surface area contributed by atoms with Crippen LogP contribution < -0.4 is 15.1 Å². The third-order valence-corrected chi connectivity index (χ3v) is 6.97. The van der Waals surface area contributed by atoms with Gasteiger partial charge in [0, 0.05) is 56.2 Å². The third-order valence-electron chi connectivity index (χ3n) is 6.97. The third kappa shape index (κ3) is 5.78. The first-order valence-electron chi connectivity index (χ1n) is 13.0. The number of para-hydroxylation sites is 1. The van der Waals surface area contributed by atoms with Crippen LogP contribution in [-0.4, -0.2) is 42.9 Å². The Bertz CT molecular complexity index is 1420. The van der Waals surface area contributed by atoms with Crippen LogP contribution in [0, 0.1) is 13.8 Å². The van der Waals surface area contributed by atoms with E-state index in [1.165, 1.54) is 11.3 Å². The number of amides is 1. The van der Waals surface area contributed by atoms with Gasteiger partial charge in [-0.2, -0.15) is 0 Å². The Balaban J connectivity index is 1.36. The molecule has 3 heterocycles. The van der Waals surface area contributed by atoms with E-state index in [0.29, 0.717) is 29.9 Å². The minimum atomic E-state index is -0.335. The molecule has 0 saturated carbocycles. The number of anilines is 3. The number of benzene rings is 2. The van der Waals surface area contributed by atoms with E-state index in [0.717, 1.165) is 37.4 Å². The summed E-state index contributed by atoms with van der Waals surface area (Å²) in [6, 6.07) is 21.3. The lowest BCUT2D eigenvalue weighted by Crippen LogP contribution is -2.47. The van der Waals surface area contributed by atoms with Crippen LogP contribution in [0.4, 0.5) is 17.1 Å². The van der Waals surface area contributed by atoms with Crippen molar-refractivity contribution in [2.45, 2.75) is 26.7 Å². The smallest absolute Gasteiger partial charge is 0.291 e. The van der Waals surface area contributed by atoms with Gasteiger partial charge in [0.1, 0.15) is 5.76 Å². The summed E-state index contributed by atoms with van der Waals surface area (Å²) < 4.78 is 5.54. The lowest BCUT2D eigenvalue weighted by Gasteiger charge is -2.38. The van der Waals surface area contributed by atoms with E-state index in [4.69, 9.17) is 4.42 Å². The predicted molar refractivity (Wildman–Crippen MR) is 150 cm³/mol. The molecule has 1 aliphatic rings. The molecule has 0 radical (unpaired) electrons. The summed E-state index contributed by atoms with van der Waals surface area (Å²) in [7, 11) is 0. The summed E-state index contributed by atoms with van der Waals surface area (Å²) in [5, 5.41) is 3.01. The number of ketones is 1. The van der Waals surface area contributed by atoms with Gasteiger partial charge in [0.15, 0.2) is 11.5 Å². The number of hydrogen-bond donors (Lipinski definition) is 1. The first kappa shape index (κ1) is 25.3.